The molecule has 0 aliphatic carbocycles. The Labute approximate surface area is 126 Å². The second kappa shape index (κ2) is 6.77. The molecule has 0 atom stereocenters. The van der Waals surface area contributed by atoms with Crippen LogP contribution < -0.4 is 4.90 Å². The Morgan fingerprint density at radius 2 is 2.33 bits per heavy atom. The normalized spacial score (nSPS) is 14.1. The Bertz CT molecular complexity index is 552. The minimum Gasteiger partial charge on any atom is -0.480 e. The van der Waals surface area contributed by atoms with Crippen LogP contribution in [0.3, 0.4) is 0 Å². The first-order chi connectivity index (χ1) is 9.97. The molecule has 1 N–H and O–H groups in total. The van der Waals surface area contributed by atoms with Crippen molar-refractivity contribution in [1.82, 2.24) is 4.90 Å². The molecule has 0 aromatic heterocycles. The van der Waals surface area contributed by atoms with Gasteiger partial charge in [-0.15, -0.1) is 11.8 Å². The molecule has 0 saturated carbocycles. The zero-order chi connectivity index (χ0) is 15.4. The number of nitrogens with zero attached hydrogens (tertiary/aromatic N) is 3. The van der Waals surface area contributed by atoms with Gasteiger partial charge in [-0.2, -0.15) is 0 Å². The molecule has 0 fully saturated rings. The molecular formula is C13H17N3O4S. The highest BCUT2D eigenvalue weighted by atomic mass is 32.2. The lowest BCUT2D eigenvalue weighted by atomic mass is 10.2. The van der Waals surface area contributed by atoms with Crippen molar-refractivity contribution in [3.8, 4) is 0 Å². The lowest BCUT2D eigenvalue weighted by molar-refractivity contribution is -0.385. The van der Waals surface area contributed by atoms with Crippen LogP contribution in [0.4, 0.5) is 11.4 Å². The van der Waals surface area contributed by atoms with E-state index in [-0.39, 0.29) is 17.2 Å². The standard InChI is InChI=1S/C13H17N3O4S/c1-14(9-13(17)18)4-5-15-6-7-21-12-8-10(16(19)20)2-3-11(12)15/h2-3,8H,4-7,9H2,1H3,(H,17,18). The maximum atomic E-state index is 10.8. The molecule has 1 heterocycles. The highest BCUT2D eigenvalue weighted by molar-refractivity contribution is 7.99. The monoisotopic (exact) mass is 311 g/mol. The van der Waals surface area contributed by atoms with E-state index in [1.54, 1.807) is 35.8 Å². The van der Waals surface area contributed by atoms with Crippen LogP contribution >= 0.6 is 11.8 Å². The van der Waals surface area contributed by atoms with Crippen molar-refractivity contribution in [2.45, 2.75) is 4.90 Å². The summed E-state index contributed by atoms with van der Waals surface area (Å²) in [6, 6.07) is 4.89. The summed E-state index contributed by atoms with van der Waals surface area (Å²) in [4.78, 5) is 25.9. The quantitative estimate of drug-likeness (QED) is 0.629. The molecule has 2 rings (SSSR count). The molecule has 8 heteroatoms. The number of carboxylic acids is 1. The van der Waals surface area contributed by atoms with Crippen LogP contribution in [0, 0.1) is 10.1 Å². The van der Waals surface area contributed by atoms with Gasteiger partial charge in [0.2, 0.25) is 0 Å². The fourth-order valence-electron chi connectivity index (χ4n) is 2.21. The number of non-ortho nitro benzene ring substituents is 1. The summed E-state index contributed by atoms with van der Waals surface area (Å²) in [6.07, 6.45) is 0. The highest BCUT2D eigenvalue weighted by Gasteiger charge is 2.20. The number of aliphatic carboxylic acids is 1. The van der Waals surface area contributed by atoms with Gasteiger partial charge in [0, 0.05) is 42.4 Å². The number of nitro groups is 1. The predicted molar refractivity (Wildman–Crippen MR) is 81.2 cm³/mol. The first-order valence-electron chi connectivity index (χ1n) is 6.54. The van der Waals surface area contributed by atoms with Crippen LogP contribution in [-0.4, -0.2) is 59.9 Å². The molecule has 0 bridgehead atoms. The third kappa shape index (κ3) is 4.08. The second-order valence-corrected chi connectivity index (χ2v) is 6.01. The number of rotatable bonds is 6. The molecule has 1 aliphatic heterocycles. The number of hydrogen-bond donors (Lipinski definition) is 1. The Hall–Kier alpha value is -1.80. The fraction of sp³-hybridized carbons (Fsp3) is 0.462. The third-order valence-corrected chi connectivity index (χ3v) is 4.30. The summed E-state index contributed by atoms with van der Waals surface area (Å²) in [6.45, 7) is 2.20. The van der Waals surface area contributed by atoms with Gasteiger partial charge in [-0.25, -0.2) is 0 Å². The smallest absolute Gasteiger partial charge is 0.317 e. The largest absolute Gasteiger partial charge is 0.480 e. The molecule has 1 aromatic carbocycles. The first kappa shape index (κ1) is 15.6. The number of benzene rings is 1. The van der Waals surface area contributed by atoms with Crippen LogP contribution in [0.5, 0.6) is 0 Å². The van der Waals surface area contributed by atoms with E-state index in [0.29, 0.717) is 13.1 Å². The van der Waals surface area contributed by atoms with Crippen molar-refractivity contribution in [2.24, 2.45) is 0 Å². The van der Waals surface area contributed by atoms with Crippen molar-refractivity contribution in [3.05, 3.63) is 28.3 Å². The van der Waals surface area contributed by atoms with Gasteiger partial charge in [0.05, 0.1) is 17.2 Å². The van der Waals surface area contributed by atoms with Gasteiger partial charge in [0.1, 0.15) is 0 Å². The molecule has 0 unspecified atom stereocenters. The number of fused-ring (bicyclic) bond motifs is 1. The van der Waals surface area contributed by atoms with Crippen molar-refractivity contribution in [1.29, 1.82) is 0 Å². The van der Waals surface area contributed by atoms with Gasteiger partial charge >= 0.3 is 5.97 Å². The van der Waals surface area contributed by atoms with Crippen molar-refractivity contribution < 1.29 is 14.8 Å². The molecular weight excluding hydrogens is 294 g/mol. The maximum Gasteiger partial charge on any atom is 0.317 e. The van der Waals surface area contributed by atoms with Gasteiger partial charge in [-0.3, -0.25) is 19.8 Å². The van der Waals surface area contributed by atoms with E-state index in [1.807, 2.05) is 0 Å². The average molecular weight is 311 g/mol. The van der Waals surface area contributed by atoms with E-state index in [0.717, 1.165) is 22.9 Å². The van der Waals surface area contributed by atoms with Gasteiger partial charge in [0.25, 0.3) is 5.69 Å². The summed E-state index contributed by atoms with van der Waals surface area (Å²) in [5.41, 5.74) is 1.09. The molecule has 0 spiro atoms. The van der Waals surface area contributed by atoms with E-state index in [4.69, 9.17) is 5.11 Å². The number of likely N-dealkylation sites (N-methyl/N-ethyl adjacent to an activating group) is 1. The van der Waals surface area contributed by atoms with Crippen LogP contribution in [0.1, 0.15) is 0 Å². The number of carboxylic acid groups (broad SMARTS) is 1. The molecule has 7 nitrogen and oxygen atoms in total. The fourth-order valence-corrected chi connectivity index (χ4v) is 3.29. The molecule has 21 heavy (non-hydrogen) atoms. The average Bonchev–Trinajstić information content (AvgIpc) is 2.43. The summed E-state index contributed by atoms with van der Waals surface area (Å²) in [5.74, 6) is 0.0271. The number of thioether (sulfide) groups is 1. The lowest BCUT2D eigenvalue weighted by Crippen LogP contribution is -2.38. The SMILES string of the molecule is CN(CCN1CCSc2cc([N+](=O)[O-])ccc21)CC(=O)O. The molecule has 0 amide bonds. The van der Waals surface area contributed by atoms with E-state index in [9.17, 15) is 14.9 Å². The first-order valence-corrected chi connectivity index (χ1v) is 7.52. The Kier molecular flexibility index (Phi) is 5.03. The molecule has 1 aromatic rings. The molecule has 114 valence electrons. The highest BCUT2D eigenvalue weighted by Crippen LogP contribution is 2.36. The topological polar surface area (TPSA) is 86.9 Å². The Balaban J connectivity index is 2.04. The summed E-state index contributed by atoms with van der Waals surface area (Å²) in [5, 5.41) is 19.5. The number of hydrogen-bond acceptors (Lipinski definition) is 6. The Morgan fingerprint density at radius 1 is 1.57 bits per heavy atom. The third-order valence-electron chi connectivity index (χ3n) is 3.27. The number of anilines is 1. The zero-order valence-corrected chi connectivity index (χ0v) is 12.5. The van der Waals surface area contributed by atoms with Crippen LogP contribution in [0.25, 0.3) is 0 Å². The van der Waals surface area contributed by atoms with E-state index >= 15 is 0 Å². The minimum atomic E-state index is -0.845. The maximum absolute atomic E-state index is 10.8. The second-order valence-electron chi connectivity index (χ2n) is 4.88. The van der Waals surface area contributed by atoms with E-state index in [1.165, 1.54) is 6.07 Å². The van der Waals surface area contributed by atoms with Gasteiger partial charge in [0.15, 0.2) is 0 Å². The van der Waals surface area contributed by atoms with Gasteiger partial charge in [-0.1, -0.05) is 0 Å². The van der Waals surface area contributed by atoms with E-state index in [2.05, 4.69) is 4.90 Å². The van der Waals surface area contributed by atoms with Gasteiger partial charge < -0.3 is 10.0 Å². The minimum absolute atomic E-state index is 0.00963. The molecule has 0 radical (unpaired) electrons. The summed E-state index contributed by atoms with van der Waals surface area (Å²) >= 11 is 1.62. The molecule has 0 saturated heterocycles. The summed E-state index contributed by atoms with van der Waals surface area (Å²) < 4.78 is 0. The van der Waals surface area contributed by atoms with Crippen LogP contribution in [0.2, 0.25) is 0 Å². The lowest BCUT2D eigenvalue weighted by Gasteiger charge is -2.31. The molecule has 1 aliphatic rings. The van der Waals surface area contributed by atoms with Crippen molar-refractivity contribution in [3.63, 3.8) is 0 Å². The predicted octanol–water partition coefficient (Wildman–Crippen LogP) is 1.52. The number of nitro benzene ring substituents is 1. The van der Waals surface area contributed by atoms with Gasteiger partial charge in [-0.05, 0) is 13.1 Å². The van der Waals surface area contributed by atoms with Crippen LogP contribution in [-0.2, 0) is 4.79 Å². The van der Waals surface area contributed by atoms with Crippen molar-refractivity contribution >= 4 is 29.1 Å². The van der Waals surface area contributed by atoms with Crippen LogP contribution in [0.15, 0.2) is 23.1 Å². The number of carbonyl (C=O) groups is 1. The zero-order valence-electron chi connectivity index (χ0n) is 11.7. The summed E-state index contributed by atoms with van der Waals surface area (Å²) in [7, 11) is 1.77. The van der Waals surface area contributed by atoms with E-state index < -0.39 is 5.97 Å². The Morgan fingerprint density at radius 3 is 3.00 bits per heavy atom. The van der Waals surface area contributed by atoms with Crippen molar-refractivity contribution in [2.75, 3.05) is 43.9 Å².